The molecule has 0 atom stereocenters. The number of primary amides is 1. The zero-order valence-electron chi connectivity index (χ0n) is 11.7. The van der Waals surface area contributed by atoms with Crippen LogP contribution in [0, 0.1) is 6.92 Å². The van der Waals surface area contributed by atoms with Crippen LogP contribution in [-0.2, 0) is 11.2 Å². The van der Waals surface area contributed by atoms with Crippen LogP contribution in [0.5, 0.6) is 0 Å². The average Bonchev–Trinajstić information content (AvgIpc) is 2.76. The Morgan fingerprint density at radius 2 is 1.95 bits per heavy atom. The number of rotatable bonds is 4. The number of carbonyl (C=O) groups is 1. The highest BCUT2D eigenvalue weighted by atomic mass is 32.2. The molecule has 2 aromatic carbocycles. The van der Waals surface area contributed by atoms with Crippen LogP contribution in [0.3, 0.4) is 0 Å². The van der Waals surface area contributed by atoms with Gasteiger partial charge in [0.1, 0.15) is 0 Å². The zero-order chi connectivity index (χ0) is 14.8. The molecule has 1 heterocycles. The van der Waals surface area contributed by atoms with Gasteiger partial charge in [-0.15, -0.1) is 0 Å². The summed E-state index contributed by atoms with van der Waals surface area (Å²) in [5.41, 5.74) is 8.49. The smallest absolute Gasteiger partial charge is 0.223 e. The number of aromatic amines is 1. The monoisotopic (exact) mass is 296 g/mol. The SMILES string of the molecule is Cc1ccc2c(Sc3ccccc3)c(CC(N)=O)[nH]c2c1. The Kier molecular flexibility index (Phi) is 3.71. The van der Waals surface area contributed by atoms with Gasteiger partial charge in [-0.3, -0.25) is 4.79 Å². The van der Waals surface area contributed by atoms with Crippen LogP contribution in [-0.4, -0.2) is 10.9 Å². The molecule has 0 saturated carbocycles. The van der Waals surface area contributed by atoms with Crippen LogP contribution in [0.15, 0.2) is 58.3 Å². The molecule has 4 heteroatoms. The molecule has 3 rings (SSSR count). The summed E-state index contributed by atoms with van der Waals surface area (Å²) in [5.74, 6) is -0.326. The highest BCUT2D eigenvalue weighted by Crippen LogP contribution is 2.37. The normalized spacial score (nSPS) is 10.9. The van der Waals surface area contributed by atoms with Gasteiger partial charge in [-0.1, -0.05) is 42.1 Å². The number of hydrogen-bond acceptors (Lipinski definition) is 2. The summed E-state index contributed by atoms with van der Waals surface area (Å²) >= 11 is 1.66. The van der Waals surface area contributed by atoms with Gasteiger partial charge >= 0.3 is 0 Å². The van der Waals surface area contributed by atoms with Crippen LogP contribution in [0.4, 0.5) is 0 Å². The minimum Gasteiger partial charge on any atom is -0.369 e. The van der Waals surface area contributed by atoms with Crippen LogP contribution in [0.25, 0.3) is 10.9 Å². The summed E-state index contributed by atoms with van der Waals surface area (Å²) in [7, 11) is 0. The van der Waals surface area contributed by atoms with Gasteiger partial charge in [-0.25, -0.2) is 0 Å². The first-order chi connectivity index (χ1) is 10.1. The van der Waals surface area contributed by atoms with Crippen LogP contribution < -0.4 is 5.73 Å². The molecule has 1 amide bonds. The lowest BCUT2D eigenvalue weighted by Crippen LogP contribution is -2.14. The van der Waals surface area contributed by atoms with Crippen molar-refractivity contribution in [1.82, 2.24) is 4.98 Å². The van der Waals surface area contributed by atoms with E-state index in [0.29, 0.717) is 0 Å². The van der Waals surface area contributed by atoms with E-state index in [2.05, 4.69) is 42.2 Å². The maximum atomic E-state index is 11.3. The van der Waals surface area contributed by atoms with Gasteiger partial charge in [-0.05, 0) is 30.7 Å². The van der Waals surface area contributed by atoms with Crippen molar-refractivity contribution in [2.45, 2.75) is 23.1 Å². The van der Waals surface area contributed by atoms with E-state index in [-0.39, 0.29) is 12.3 Å². The topological polar surface area (TPSA) is 58.9 Å². The Balaban J connectivity index is 2.10. The molecular weight excluding hydrogens is 280 g/mol. The van der Waals surface area contributed by atoms with Gasteiger partial charge in [0.15, 0.2) is 0 Å². The number of hydrogen-bond donors (Lipinski definition) is 2. The first-order valence-corrected chi connectivity index (χ1v) is 7.57. The predicted octanol–water partition coefficient (Wildman–Crippen LogP) is 3.66. The van der Waals surface area contributed by atoms with Crippen molar-refractivity contribution in [2.75, 3.05) is 0 Å². The number of fused-ring (bicyclic) bond motifs is 1. The summed E-state index contributed by atoms with van der Waals surface area (Å²) in [4.78, 5) is 16.9. The maximum Gasteiger partial charge on any atom is 0.223 e. The van der Waals surface area contributed by atoms with E-state index < -0.39 is 0 Å². The molecule has 3 aromatic rings. The Hall–Kier alpha value is -2.20. The van der Waals surface area contributed by atoms with E-state index in [9.17, 15) is 4.79 Å². The number of nitrogens with one attached hydrogen (secondary N) is 1. The molecule has 0 saturated heterocycles. The number of benzene rings is 2. The van der Waals surface area contributed by atoms with E-state index in [1.807, 2.05) is 18.2 Å². The van der Waals surface area contributed by atoms with Crippen molar-refractivity contribution in [1.29, 1.82) is 0 Å². The first-order valence-electron chi connectivity index (χ1n) is 6.76. The number of nitrogens with two attached hydrogens (primary N) is 1. The lowest BCUT2D eigenvalue weighted by molar-refractivity contribution is -0.117. The van der Waals surface area contributed by atoms with Crippen LogP contribution in [0.1, 0.15) is 11.3 Å². The lowest BCUT2D eigenvalue weighted by Gasteiger charge is -2.03. The highest BCUT2D eigenvalue weighted by molar-refractivity contribution is 7.99. The molecule has 0 radical (unpaired) electrons. The van der Waals surface area contributed by atoms with Crippen molar-refractivity contribution in [3.63, 3.8) is 0 Å². The number of H-pyrrole nitrogens is 1. The maximum absolute atomic E-state index is 11.3. The van der Waals surface area contributed by atoms with Crippen molar-refractivity contribution in [3.05, 3.63) is 59.8 Å². The van der Waals surface area contributed by atoms with Crippen LogP contribution in [0.2, 0.25) is 0 Å². The van der Waals surface area contributed by atoms with Crippen molar-refractivity contribution in [3.8, 4) is 0 Å². The Morgan fingerprint density at radius 3 is 2.67 bits per heavy atom. The Labute approximate surface area is 127 Å². The molecular formula is C17H16N2OS. The highest BCUT2D eigenvalue weighted by Gasteiger charge is 2.14. The third-order valence-electron chi connectivity index (χ3n) is 3.29. The predicted molar refractivity (Wildman–Crippen MR) is 86.5 cm³/mol. The average molecular weight is 296 g/mol. The third kappa shape index (κ3) is 2.95. The summed E-state index contributed by atoms with van der Waals surface area (Å²) in [6, 6.07) is 16.4. The zero-order valence-corrected chi connectivity index (χ0v) is 12.5. The minimum absolute atomic E-state index is 0.225. The molecule has 21 heavy (non-hydrogen) atoms. The molecule has 0 fully saturated rings. The molecule has 0 aliphatic rings. The fourth-order valence-corrected chi connectivity index (χ4v) is 3.43. The van der Waals surface area contributed by atoms with Gasteiger partial charge in [0, 0.05) is 26.4 Å². The molecule has 0 aliphatic heterocycles. The molecule has 106 valence electrons. The van der Waals surface area contributed by atoms with Crippen molar-refractivity contribution >= 4 is 28.6 Å². The van der Waals surface area contributed by atoms with Gasteiger partial charge in [0.25, 0.3) is 0 Å². The molecule has 0 bridgehead atoms. The van der Waals surface area contributed by atoms with E-state index in [1.165, 1.54) is 5.56 Å². The minimum atomic E-state index is -0.326. The van der Waals surface area contributed by atoms with E-state index in [4.69, 9.17) is 5.73 Å². The standard InChI is InChI=1S/C17H16N2OS/c1-11-7-8-13-14(9-11)19-15(10-16(18)20)17(13)21-12-5-3-2-4-6-12/h2-9,19H,10H2,1H3,(H2,18,20). The fourth-order valence-electron chi connectivity index (χ4n) is 2.36. The molecule has 1 aromatic heterocycles. The number of aromatic nitrogens is 1. The summed E-state index contributed by atoms with van der Waals surface area (Å²) in [6.07, 6.45) is 0.225. The summed E-state index contributed by atoms with van der Waals surface area (Å²) < 4.78 is 0. The number of amides is 1. The fraction of sp³-hybridized carbons (Fsp3) is 0.118. The van der Waals surface area contributed by atoms with E-state index >= 15 is 0 Å². The van der Waals surface area contributed by atoms with Crippen molar-refractivity contribution < 1.29 is 4.79 Å². The lowest BCUT2D eigenvalue weighted by atomic mass is 10.2. The second-order valence-corrected chi connectivity index (χ2v) is 6.12. The van der Waals surface area contributed by atoms with Gasteiger partial charge < -0.3 is 10.7 Å². The third-order valence-corrected chi connectivity index (χ3v) is 4.47. The number of carbonyl (C=O) groups excluding carboxylic acids is 1. The van der Waals surface area contributed by atoms with E-state index in [0.717, 1.165) is 26.4 Å². The molecule has 0 unspecified atom stereocenters. The number of aryl methyl sites for hydroxylation is 1. The van der Waals surface area contributed by atoms with Gasteiger partial charge in [0.05, 0.1) is 6.42 Å². The first kappa shape index (κ1) is 13.8. The molecule has 3 N–H and O–H groups in total. The second kappa shape index (κ2) is 5.66. The van der Waals surface area contributed by atoms with Crippen molar-refractivity contribution in [2.24, 2.45) is 5.73 Å². The summed E-state index contributed by atoms with van der Waals surface area (Å²) in [6.45, 7) is 2.05. The van der Waals surface area contributed by atoms with E-state index in [1.54, 1.807) is 11.8 Å². The largest absolute Gasteiger partial charge is 0.369 e. The summed E-state index contributed by atoms with van der Waals surface area (Å²) in [5, 5.41) is 1.13. The quantitative estimate of drug-likeness (QED) is 0.772. The molecule has 3 nitrogen and oxygen atoms in total. The van der Waals surface area contributed by atoms with Crippen LogP contribution >= 0.6 is 11.8 Å². The Morgan fingerprint density at radius 1 is 1.19 bits per heavy atom. The van der Waals surface area contributed by atoms with Gasteiger partial charge in [-0.2, -0.15) is 0 Å². The second-order valence-electron chi connectivity index (χ2n) is 5.04. The molecule has 0 spiro atoms. The molecule has 0 aliphatic carbocycles. The Bertz CT molecular complexity index is 793. The van der Waals surface area contributed by atoms with Gasteiger partial charge in [0.2, 0.25) is 5.91 Å².